The first-order valence-corrected chi connectivity index (χ1v) is 16.1. The zero-order chi connectivity index (χ0) is 34.8. The summed E-state index contributed by atoms with van der Waals surface area (Å²) in [4.78, 5) is 32.6. The number of nitrogens with zero attached hydrogens (tertiary/aromatic N) is 13. The lowest BCUT2D eigenvalue weighted by atomic mass is 10.3. The molecular formula is C37H39N13+2. The van der Waals surface area contributed by atoms with Gasteiger partial charge in [-0.1, -0.05) is 30.3 Å². The number of hydrogen-bond donors (Lipinski definition) is 0. The average Bonchev–Trinajstić information content (AvgIpc) is 3.82. The molecule has 0 aromatic carbocycles. The van der Waals surface area contributed by atoms with Crippen molar-refractivity contribution in [2.45, 2.75) is 0 Å². The Hall–Kier alpha value is -6.63. The summed E-state index contributed by atoms with van der Waals surface area (Å²) in [5.74, 6) is 7.74. The lowest BCUT2D eigenvalue weighted by Crippen LogP contribution is -2.23. The Morgan fingerprint density at radius 2 is 0.660 bits per heavy atom. The molecule has 0 unspecified atom stereocenters. The Kier molecular flexibility index (Phi) is 8.61. The first-order chi connectivity index (χ1) is 24.2. The minimum Gasteiger partial charge on any atom is -0.314 e. The van der Waals surface area contributed by atoms with Crippen LogP contribution in [0.25, 0.3) is 11.6 Å². The van der Waals surface area contributed by atoms with E-state index in [1.54, 1.807) is 0 Å². The average molecular weight is 666 g/mol. The van der Waals surface area contributed by atoms with Crippen LogP contribution < -0.4 is 28.7 Å². The molecule has 0 aliphatic carbocycles. The van der Waals surface area contributed by atoms with Crippen LogP contribution in [-0.4, -0.2) is 62.2 Å². The van der Waals surface area contributed by atoms with Crippen molar-refractivity contribution in [3.8, 4) is 11.6 Å². The molecule has 0 amide bonds. The summed E-state index contributed by atoms with van der Waals surface area (Å²) in [5, 5.41) is 0. The van der Waals surface area contributed by atoms with Crippen molar-refractivity contribution >= 4 is 46.5 Å². The molecule has 13 nitrogen and oxygen atoms in total. The molecule has 0 saturated heterocycles. The number of aromatic nitrogens is 9. The van der Waals surface area contributed by atoms with Gasteiger partial charge in [-0.3, -0.25) is 0 Å². The van der Waals surface area contributed by atoms with Crippen molar-refractivity contribution in [3.63, 3.8) is 0 Å². The molecule has 7 aromatic heterocycles. The van der Waals surface area contributed by atoms with Gasteiger partial charge in [0.1, 0.15) is 71.3 Å². The molecule has 7 aromatic rings. The summed E-state index contributed by atoms with van der Waals surface area (Å²) < 4.78 is 7.93. The third-order valence-corrected chi connectivity index (χ3v) is 8.41. The van der Waals surface area contributed by atoms with Crippen LogP contribution in [0.15, 0.2) is 128 Å². The molecule has 0 fully saturated rings. The number of pyridine rings is 5. The van der Waals surface area contributed by atoms with Crippen molar-refractivity contribution in [1.29, 1.82) is 0 Å². The molecule has 7 heterocycles. The monoisotopic (exact) mass is 665 g/mol. The number of anilines is 8. The van der Waals surface area contributed by atoms with E-state index < -0.39 is 0 Å². The molecule has 0 bridgehead atoms. The molecule has 0 N–H and O–H groups in total. The summed E-state index contributed by atoms with van der Waals surface area (Å²) >= 11 is 0. The van der Waals surface area contributed by atoms with Gasteiger partial charge >= 0.3 is 0 Å². The molecular weight excluding hydrogens is 626 g/mol. The maximum absolute atomic E-state index is 5.00. The molecule has 0 spiro atoms. The SMILES string of the molecule is CN(c1cccc(N(C)c2cccc(N(C)c3cccc(-n4cc[n+](C)c4)n3)n2)n1)c1cccc(N(C)c2cccc(-n3cc[n+](C)c3)n2)n1. The Labute approximate surface area is 291 Å². The Bertz CT molecular complexity index is 2100. The van der Waals surface area contributed by atoms with Gasteiger partial charge in [-0.2, -0.15) is 19.1 Å². The standard InChI is InChI=1S/C37H39N13/c1-43-22-24-49(26-43)36-20-10-18-34(41-36)47(5)32-16-8-14-30(39-32)45(3)28-12-7-13-29(38-28)46(4)31-15-9-17-33(40-31)48(6)35-19-11-21-37(42-35)50-25-23-44(2)27-50/h7-27H,1-6H3/q+2. The highest BCUT2D eigenvalue weighted by molar-refractivity contribution is 5.66. The maximum Gasteiger partial charge on any atom is 0.250 e. The molecule has 0 atom stereocenters. The number of imidazole rings is 2. The highest BCUT2D eigenvalue weighted by atomic mass is 15.3. The number of hydrogen-bond acceptors (Lipinski definition) is 9. The fourth-order valence-electron chi connectivity index (χ4n) is 5.48. The minimum absolute atomic E-state index is 0.745. The normalized spacial score (nSPS) is 11.0. The van der Waals surface area contributed by atoms with E-state index in [4.69, 9.17) is 24.9 Å². The van der Waals surface area contributed by atoms with E-state index in [0.717, 1.165) is 58.2 Å². The third-order valence-electron chi connectivity index (χ3n) is 8.41. The van der Waals surface area contributed by atoms with Gasteiger partial charge in [-0.15, -0.1) is 0 Å². The lowest BCUT2D eigenvalue weighted by molar-refractivity contribution is -0.670. The largest absolute Gasteiger partial charge is 0.314 e. The van der Waals surface area contributed by atoms with Crippen LogP contribution in [0.2, 0.25) is 0 Å². The molecule has 50 heavy (non-hydrogen) atoms. The first kappa shape index (κ1) is 31.9. The molecule has 13 heteroatoms. The first-order valence-electron chi connectivity index (χ1n) is 16.1. The second-order valence-corrected chi connectivity index (χ2v) is 12.0. The van der Waals surface area contributed by atoms with Crippen LogP contribution in [0.5, 0.6) is 0 Å². The van der Waals surface area contributed by atoms with Gasteiger partial charge in [-0.05, 0) is 48.5 Å². The summed E-state index contributed by atoms with van der Waals surface area (Å²) in [6.45, 7) is 0. The van der Waals surface area contributed by atoms with Crippen molar-refractivity contribution in [3.05, 3.63) is 128 Å². The van der Waals surface area contributed by atoms with E-state index in [1.807, 2.05) is 209 Å². The fourth-order valence-corrected chi connectivity index (χ4v) is 5.48. The summed E-state index contributed by atoms with van der Waals surface area (Å²) in [5.41, 5.74) is 0. The van der Waals surface area contributed by atoms with Gasteiger partial charge in [0.05, 0.1) is 14.1 Å². The second kappa shape index (κ2) is 13.5. The molecule has 0 saturated carbocycles. The van der Waals surface area contributed by atoms with Crippen molar-refractivity contribution in [1.82, 2.24) is 34.1 Å². The van der Waals surface area contributed by atoms with E-state index in [-0.39, 0.29) is 0 Å². The van der Waals surface area contributed by atoms with Crippen LogP contribution in [0.3, 0.4) is 0 Å². The highest BCUT2D eigenvalue weighted by Crippen LogP contribution is 2.29. The van der Waals surface area contributed by atoms with E-state index in [1.165, 1.54) is 0 Å². The highest BCUT2D eigenvalue weighted by Gasteiger charge is 2.17. The van der Waals surface area contributed by atoms with E-state index in [2.05, 4.69) is 0 Å². The van der Waals surface area contributed by atoms with Gasteiger partial charge in [0, 0.05) is 40.3 Å². The van der Waals surface area contributed by atoms with Gasteiger partial charge < -0.3 is 19.6 Å². The van der Waals surface area contributed by atoms with Crippen molar-refractivity contribution < 1.29 is 9.13 Å². The van der Waals surface area contributed by atoms with Crippen molar-refractivity contribution in [2.24, 2.45) is 14.1 Å². The Morgan fingerprint density at radius 3 is 0.920 bits per heavy atom. The van der Waals surface area contributed by atoms with Gasteiger partial charge in [0.15, 0.2) is 0 Å². The zero-order valence-electron chi connectivity index (χ0n) is 28.9. The summed E-state index contributed by atoms with van der Waals surface area (Å²) in [7, 11) is 11.8. The van der Waals surface area contributed by atoms with Gasteiger partial charge in [0.2, 0.25) is 24.3 Å². The lowest BCUT2D eigenvalue weighted by Gasteiger charge is -2.24. The molecule has 0 radical (unpaired) electrons. The van der Waals surface area contributed by atoms with E-state index >= 15 is 0 Å². The summed E-state index contributed by atoms with van der Waals surface area (Å²) in [6.07, 6.45) is 11.9. The second-order valence-electron chi connectivity index (χ2n) is 12.0. The predicted octanol–water partition coefficient (Wildman–Crippen LogP) is 4.96. The topological polar surface area (TPSA) is 95.0 Å². The maximum atomic E-state index is 5.00. The number of rotatable bonds is 10. The van der Waals surface area contributed by atoms with Crippen LogP contribution in [0.4, 0.5) is 46.5 Å². The number of aryl methyl sites for hydroxylation is 2. The molecule has 0 aliphatic rings. The van der Waals surface area contributed by atoms with Gasteiger partial charge in [-0.25, -0.2) is 24.1 Å². The summed E-state index contributed by atoms with van der Waals surface area (Å²) in [6, 6.07) is 29.7. The Balaban J connectivity index is 1.09. The smallest absolute Gasteiger partial charge is 0.250 e. The van der Waals surface area contributed by atoms with Crippen molar-refractivity contribution in [2.75, 3.05) is 47.8 Å². The zero-order valence-corrected chi connectivity index (χ0v) is 28.9. The predicted molar refractivity (Wildman–Crippen MR) is 194 cm³/mol. The molecule has 0 aliphatic heterocycles. The van der Waals surface area contributed by atoms with Crippen LogP contribution >= 0.6 is 0 Å². The van der Waals surface area contributed by atoms with E-state index in [9.17, 15) is 0 Å². The third kappa shape index (κ3) is 6.56. The van der Waals surface area contributed by atoms with Crippen LogP contribution in [0.1, 0.15) is 0 Å². The van der Waals surface area contributed by atoms with E-state index in [0.29, 0.717) is 0 Å². The van der Waals surface area contributed by atoms with Gasteiger partial charge in [0.25, 0.3) is 0 Å². The minimum atomic E-state index is 0.745. The molecule has 250 valence electrons. The quantitative estimate of drug-likeness (QED) is 0.188. The fraction of sp³-hybridized carbons (Fsp3) is 0.162. The van der Waals surface area contributed by atoms with Crippen LogP contribution in [-0.2, 0) is 14.1 Å². The Morgan fingerprint density at radius 1 is 0.400 bits per heavy atom. The molecule has 7 rings (SSSR count). The van der Waals surface area contributed by atoms with Crippen LogP contribution in [0, 0.1) is 0 Å².